The summed E-state index contributed by atoms with van der Waals surface area (Å²) in [5.41, 5.74) is 0. The van der Waals surface area contributed by atoms with Crippen molar-refractivity contribution in [2.45, 2.75) is 46.1 Å². The maximum absolute atomic E-state index is 3.66. The Morgan fingerprint density at radius 2 is 1.81 bits per heavy atom. The van der Waals surface area contributed by atoms with Crippen molar-refractivity contribution in [3.05, 3.63) is 0 Å². The Morgan fingerprint density at radius 1 is 1.12 bits per heavy atom. The summed E-state index contributed by atoms with van der Waals surface area (Å²) in [5, 5.41) is 3.66. The summed E-state index contributed by atoms with van der Waals surface area (Å²) >= 11 is 0. The zero-order chi connectivity index (χ0) is 11.5. The van der Waals surface area contributed by atoms with E-state index in [1.54, 1.807) is 0 Å². The van der Waals surface area contributed by atoms with Crippen molar-refractivity contribution < 1.29 is 0 Å². The predicted molar refractivity (Wildman–Crippen MR) is 69.6 cm³/mol. The number of likely N-dealkylation sites (tertiary alicyclic amines) is 1. The van der Waals surface area contributed by atoms with Gasteiger partial charge in [0.05, 0.1) is 0 Å². The van der Waals surface area contributed by atoms with Crippen LogP contribution in [0.15, 0.2) is 0 Å². The quantitative estimate of drug-likeness (QED) is 0.788. The SMILES string of the molecule is CCNC1CCCC1CN1CC(C)C(C)C1. The smallest absolute Gasteiger partial charge is 0.0107 e. The second-order valence-corrected chi connectivity index (χ2v) is 6.03. The highest BCUT2D eigenvalue weighted by Crippen LogP contribution is 2.29. The van der Waals surface area contributed by atoms with Crippen LogP contribution in [0.1, 0.15) is 40.0 Å². The van der Waals surface area contributed by atoms with Crippen LogP contribution < -0.4 is 5.32 Å². The van der Waals surface area contributed by atoms with Crippen LogP contribution in [0.25, 0.3) is 0 Å². The highest BCUT2D eigenvalue weighted by atomic mass is 15.2. The molecule has 1 saturated heterocycles. The molecule has 16 heavy (non-hydrogen) atoms. The maximum atomic E-state index is 3.66. The molecular formula is C14H28N2. The van der Waals surface area contributed by atoms with Crippen LogP contribution in [-0.4, -0.2) is 37.1 Å². The Labute approximate surface area is 101 Å². The highest BCUT2D eigenvalue weighted by Gasteiger charge is 2.32. The summed E-state index contributed by atoms with van der Waals surface area (Å²) in [5.74, 6) is 2.72. The molecule has 2 fully saturated rings. The lowest BCUT2D eigenvalue weighted by Gasteiger charge is -2.25. The van der Waals surface area contributed by atoms with E-state index in [9.17, 15) is 0 Å². The van der Waals surface area contributed by atoms with Gasteiger partial charge in [-0.1, -0.05) is 27.2 Å². The Balaban J connectivity index is 1.80. The van der Waals surface area contributed by atoms with Gasteiger partial charge in [-0.15, -0.1) is 0 Å². The van der Waals surface area contributed by atoms with Crippen molar-refractivity contribution in [1.29, 1.82) is 0 Å². The van der Waals surface area contributed by atoms with Crippen molar-refractivity contribution >= 4 is 0 Å². The van der Waals surface area contributed by atoms with E-state index in [0.717, 1.165) is 30.3 Å². The average molecular weight is 224 g/mol. The molecule has 0 radical (unpaired) electrons. The number of rotatable bonds is 4. The Kier molecular flexibility index (Phi) is 4.26. The lowest BCUT2D eigenvalue weighted by atomic mass is 10.0. The molecule has 1 aliphatic carbocycles. The fraction of sp³-hybridized carbons (Fsp3) is 1.00. The van der Waals surface area contributed by atoms with Gasteiger partial charge in [-0.2, -0.15) is 0 Å². The first-order valence-electron chi connectivity index (χ1n) is 7.16. The number of nitrogens with zero attached hydrogens (tertiary/aromatic N) is 1. The molecule has 0 aromatic carbocycles. The molecule has 1 saturated carbocycles. The van der Waals surface area contributed by atoms with Gasteiger partial charge in [0.25, 0.3) is 0 Å². The fourth-order valence-corrected chi connectivity index (χ4v) is 3.52. The molecule has 1 N–H and O–H groups in total. The predicted octanol–water partition coefficient (Wildman–Crippen LogP) is 2.35. The first kappa shape index (κ1) is 12.4. The zero-order valence-corrected chi connectivity index (χ0v) is 11.2. The summed E-state index contributed by atoms with van der Waals surface area (Å²) in [4.78, 5) is 2.70. The van der Waals surface area contributed by atoms with Gasteiger partial charge in [0.2, 0.25) is 0 Å². The molecule has 0 amide bonds. The molecule has 1 heterocycles. The van der Waals surface area contributed by atoms with Crippen LogP contribution in [0.2, 0.25) is 0 Å². The van der Waals surface area contributed by atoms with E-state index in [-0.39, 0.29) is 0 Å². The molecule has 1 aliphatic heterocycles. The second-order valence-electron chi connectivity index (χ2n) is 6.03. The molecule has 0 bridgehead atoms. The van der Waals surface area contributed by atoms with E-state index in [1.807, 2.05) is 0 Å². The third kappa shape index (κ3) is 2.78. The standard InChI is InChI=1S/C14H28N2/c1-4-15-14-7-5-6-13(14)10-16-8-11(2)12(3)9-16/h11-15H,4-10H2,1-3H3. The first-order valence-corrected chi connectivity index (χ1v) is 7.16. The van der Waals surface area contributed by atoms with E-state index >= 15 is 0 Å². The van der Waals surface area contributed by atoms with Crippen molar-refractivity contribution in [3.63, 3.8) is 0 Å². The molecule has 2 heteroatoms. The Hall–Kier alpha value is -0.0800. The van der Waals surface area contributed by atoms with Gasteiger partial charge in [0.1, 0.15) is 0 Å². The van der Waals surface area contributed by atoms with E-state index in [0.29, 0.717) is 0 Å². The third-order valence-electron chi connectivity index (χ3n) is 4.68. The van der Waals surface area contributed by atoms with Crippen LogP contribution in [0.4, 0.5) is 0 Å². The monoisotopic (exact) mass is 224 g/mol. The molecule has 4 atom stereocenters. The van der Waals surface area contributed by atoms with Crippen molar-refractivity contribution in [2.75, 3.05) is 26.2 Å². The number of hydrogen-bond donors (Lipinski definition) is 1. The van der Waals surface area contributed by atoms with Gasteiger partial charge in [-0.3, -0.25) is 0 Å². The molecule has 94 valence electrons. The number of hydrogen-bond acceptors (Lipinski definition) is 2. The van der Waals surface area contributed by atoms with Crippen molar-refractivity contribution in [1.82, 2.24) is 10.2 Å². The number of nitrogens with one attached hydrogen (secondary N) is 1. The van der Waals surface area contributed by atoms with Gasteiger partial charge >= 0.3 is 0 Å². The van der Waals surface area contributed by atoms with E-state index in [4.69, 9.17) is 0 Å². The van der Waals surface area contributed by atoms with Crippen LogP contribution in [0.3, 0.4) is 0 Å². The lowest BCUT2D eigenvalue weighted by molar-refractivity contribution is 0.244. The Morgan fingerprint density at radius 3 is 2.44 bits per heavy atom. The minimum atomic E-state index is 0.802. The second kappa shape index (κ2) is 5.50. The van der Waals surface area contributed by atoms with Crippen molar-refractivity contribution in [3.8, 4) is 0 Å². The molecule has 0 spiro atoms. The van der Waals surface area contributed by atoms with Gasteiger partial charge in [-0.25, -0.2) is 0 Å². The van der Waals surface area contributed by atoms with Gasteiger partial charge in [-0.05, 0) is 37.1 Å². The minimum Gasteiger partial charge on any atom is -0.314 e. The lowest BCUT2D eigenvalue weighted by Crippen LogP contribution is -2.38. The summed E-state index contributed by atoms with van der Waals surface area (Å²) in [6.45, 7) is 12.2. The van der Waals surface area contributed by atoms with Gasteiger partial charge in [0.15, 0.2) is 0 Å². The van der Waals surface area contributed by atoms with Crippen LogP contribution in [0.5, 0.6) is 0 Å². The summed E-state index contributed by atoms with van der Waals surface area (Å²) < 4.78 is 0. The molecule has 0 aromatic heterocycles. The summed E-state index contributed by atoms with van der Waals surface area (Å²) in [6.07, 6.45) is 4.27. The first-order chi connectivity index (χ1) is 7.70. The van der Waals surface area contributed by atoms with E-state index < -0.39 is 0 Å². The minimum absolute atomic E-state index is 0.802. The fourth-order valence-electron chi connectivity index (χ4n) is 3.52. The van der Waals surface area contributed by atoms with Crippen LogP contribution in [0, 0.1) is 17.8 Å². The zero-order valence-electron chi connectivity index (χ0n) is 11.2. The summed E-state index contributed by atoms with van der Waals surface area (Å²) in [7, 11) is 0. The van der Waals surface area contributed by atoms with E-state index in [2.05, 4.69) is 31.0 Å². The average Bonchev–Trinajstić information content (AvgIpc) is 2.77. The summed E-state index contributed by atoms with van der Waals surface area (Å²) in [6, 6.07) is 0.802. The Bertz CT molecular complexity index is 207. The van der Waals surface area contributed by atoms with Gasteiger partial charge < -0.3 is 10.2 Å². The third-order valence-corrected chi connectivity index (χ3v) is 4.68. The molecule has 2 aliphatic rings. The normalized spacial score (nSPS) is 40.7. The van der Waals surface area contributed by atoms with E-state index in [1.165, 1.54) is 38.9 Å². The maximum Gasteiger partial charge on any atom is 0.0107 e. The molecule has 2 nitrogen and oxygen atoms in total. The molecule has 4 unspecified atom stereocenters. The van der Waals surface area contributed by atoms with Crippen molar-refractivity contribution in [2.24, 2.45) is 17.8 Å². The molecule has 2 rings (SSSR count). The largest absolute Gasteiger partial charge is 0.314 e. The topological polar surface area (TPSA) is 15.3 Å². The molecule has 0 aromatic rings. The van der Waals surface area contributed by atoms with Crippen LogP contribution in [-0.2, 0) is 0 Å². The highest BCUT2D eigenvalue weighted by molar-refractivity contribution is 4.87. The van der Waals surface area contributed by atoms with Crippen LogP contribution >= 0.6 is 0 Å². The molecular weight excluding hydrogens is 196 g/mol. The van der Waals surface area contributed by atoms with Gasteiger partial charge in [0, 0.05) is 25.7 Å².